The molecular weight excluding hydrogens is 320 g/mol. The number of carbonyl (C=O) groups excluding carboxylic acids is 1. The molecule has 136 valence electrons. The van der Waals surface area contributed by atoms with Crippen molar-refractivity contribution in [2.45, 2.75) is 39.2 Å². The Balaban J connectivity index is 1.68. The molecule has 1 aromatic carbocycles. The molecule has 2 heterocycles. The van der Waals surface area contributed by atoms with E-state index in [0.717, 1.165) is 62.0 Å². The minimum atomic E-state index is -0.308. The number of ether oxygens (including phenoxy) is 2. The number of benzene rings is 1. The fourth-order valence-corrected chi connectivity index (χ4v) is 3.18. The van der Waals surface area contributed by atoms with E-state index < -0.39 is 0 Å². The van der Waals surface area contributed by atoms with Gasteiger partial charge < -0.3 is 14.5 Å². The lowest BCUT2D eigenvalue weighted by atomic mass is 10.1. The molecule has 2 aromatic rings. The second-order valence-electron chi connectivity index (χ2n) is 6.28. The minimum absolute atomic E-state index is 0.244. The van der Waals surface area contributed by atoms with Crippen molar-refractivity contribution in [1.82, 2.24) is 10.0 Å². The summed E-state index contributed by atoms with van der Waals surface area (Å²) in [6.07, 6.45) is 4.93. The summed E-state index contributed by atoms with van der Waals surface area (Å²) in [5.74, 6) is 0.298. The van der Waals surface area contributed by atoms with E-state index in [4.69, 9.17) is 14.3 Å². The van der Waals surface area contributed by atoms with Crippen LogP contribution in [0.1, 0.15) is 32.3 Å². The first-order valence-corrected chi connectivity index (χ1v) is 8.94. The van der Waals surface area contributed by atoms with Crippen molar-refractivity contribution < 1.29 is 19.1 Å². The highest BCUT2D eigenvalue weighted by Crippen LogP contribution is 2.29. The molecule has 0 saturated carbocycles. The van der Waals surface area contributed by atoms with Gasteiger partial charge in [0.25, 0.3) is 0 Å². The number of hydroxylamine groups is 2. The van der Waals surface area contributed by atoms with Crippen molar-refractivity contribution >= 4 is 16.9 Å². The maximum atomic E-state index is 11.4. The van der Waals surface area contributed by atoms with Crippen molar-refractivity contribution in [2.75, 3.05) is 26.3 Å². The Morgan fingerprint density at radius 3 is 2.88 bits per heavy atom. The average Bonchev–Trinajstić information content (AvgIpc) is 3.03. The van der Waals surface area contributed by atoms with Gasteiger partial charge in [0.1, 0.15) is 5.75 Å². The number of hydrogen-bond acceptors (Lipinski definition) is 5. The quantitative estimate of drug-likeness (QED) is 0.474. The summed E-state index contributed by atoms with van der Waals surface area (Å²) in [4.78, 5) is 20.7. The van der Waals surface area contributed by atoms with Crippen LogP contribution >= 0.6 is 0 Å². The minimum Gasteiger partial charge on any atom is -0.426 e. The van der Waals surface area contributed by atoms with Gasteiger partial charge in [0.15, 0.2) is 0 Å². The number of nitrogens with zero attached hydrogens (tertiary/aromatic N) is 1. The van der Waals surface area contributed by atoms with Crippen LogP contribution in [-0.2, 0) is 20.8 Å². The molecule has 25 heavy (non-hydrogen) atoms. The summed E-state index contributed by atoms with van der Waals surface area (Å²) in [5, 5.41) is 2.99. The number of fused-ring (bicyclic) bond motifs is 1. The number of carbonyl (C=O) groups is 1. The molecular formula is C19H26N2O4. The molecule has 6 heteroatoms. The zero-order valence-electron chi connectivity index (χ0n) is 14.9. The first-order chi connectivity index (χ1) is 12.2. The zero-order chi connectivity index (χ0) is 17.6. The topological polar surface area (TPSA) is 63.8 Å². The second kappa shape index (κ2) is 8.47. The maximum absolute atomic E-state index is 11.4. The van der Waals surface area contributed by atoms with Crippen LogP contribution in [0.2, 0.25) is 0 Å². The standard InChI is InChI=1S/C19H26N2O4/c1-3-21(25-16-8-11-23-12-9-16)10-7-15-13-20-17-5-4-6-18(19(15)17)24-14(2)22/h4-6,13,16,20H,3,7-12H2,1-2H3. The van der Waals surface area contributed by atoms with Gasteiger partial charge in [-0.15, -0.1) is 0 Å². The zero-order valence-corrected chi connectivity index (χ0v) is 14.9. The lowest BCUT2D eigenvalue weighted by molar-refractivity contribution is -0.211. The number of rotatable bonds is 7. The molecule has 0 bridgehead atoms. The van der Waals surface area contributed by atoms with Gasteiger partial charge in [-0.1, -0.05) is 13.0 Å². The number of hydrogen-bond donors (Lipinski definition) is 1. The molecule has 0 atom stereocenters. The predicted octanol–water partition coefficient (Wildman–Crippen LogP) is 3.07. The van der Waals surface area contributed by atoms with Crippen LogP contribution in [0.4, 0.5) is 0 Å². The average molecular weight is 346 g/mol. The van der Waals surface area contributed by atoms with Gasteiger partial charge in [0.2, 0.25) is 0 Å². The molecule has 1 N–H and O–H groups in total. The Hall–Kier alpha value is -1.89. The number of H-pyrrole nitrogens is 1. The second-order valence-corrected chi connectivity index (χ2v) is 6.28. The smallest absolute Gasteiger partial charge is 0.308 e. The van der Waals surface area contributed by atoms with Crippen molar-refractivity contribution in [3.05, 3.63) is 30.0 Å². The van der Waals surface area contributed by atoms with E-state index in [2.05, 4.69) is 11.9 Å². The van der Waals surface area contributed by atoms with Gasteiger partial charge in [0, 0.05) is 50.3 Å². The lowest BCUT2D eigenvalue weighted by Crippen LogP contribution is -2.34. The van der Waals surface area contributed by atoms with Gasteiger partial charge in [-0.25, -0.2) is 0 Å². The van der Waals surface area contributed by atoms with Gasteiger partial charge in [0.05, 0.1) is 6.10 Å². The van der Waals surface area contributed by atoms with Crippen LogP contribution in [0.15, 0.2) is 24.4 Å². The van der Waals surface area contributed by atoms with E-state index in [-0.39, 0.29) is 12.1 Å². The third-order valence-electron chi connectivity index (χ3n) is 4.45. The molecule has 1 aliphatic rings. The number of aromatic nitrogens is 1. The molecule has 1 aliphatic heterocycles. The van der Waals surface area contributed by atoms with E-state index in [1.54, 1.807) is 0 Å². The summed E-state index contributed by atoms with van der Waals surface area (Å²) in [5.41, 5.74) is 2.10. The molecule has 1 fully saturated rings. The summed E-state index contributed by atoms with van der Waals surface area (Å²) >= 11 is 0. The summed E-state index contributed by atoms with van der Waals surface area (Å²) in [6.45, 7) is 6.68. The summed E-state index contributed by atoms with van der Waals surface area (Å²) in [6, 6.07) is 5.70. The van der Waals surface area contributed by atoms with Crippen molar-refractivity contribution in [3.8, 4) is 5.75 Å². The Kier molecular flexibility index (Phi) is 6.07. The molecule has 0 unspecified atom stereocenters. The maximum Gasteiger partial charge on any atom is 0.308 e. The normalized spacial score (nSPS) is 15.8. The summed E-state index contributed by atoms with van der Waals surface area (Å²) < 4.78 is 10.7. The third-order valence-corrected chi connectivity index (χ3v) is 4.45. The van der Waals surface area contributed by atoms with Crippen molar-refractivity contribution in [2.24, 2.45) is 0 Å². The molecule has 3 rings (SSSR count). The van der Waals surface area contributed by atoms with E-state index in [9.17, 15) is 4.79 Å². The summed E-state index contributed by atoms with van der Waals surface area (Å²) in [7, 11) is 0. The van der Waals surface area contributed by atoms with Crippen LogP contribution < -0.4 is 4.74 Å². The highest BCUT2D eigenvalue weighted by Gasteiger charge is 2.18. The first-order valence-electron chi connectivity index (χ1n) is 8.94. The molecule has 0 aliphatic carbocycles. The Morgan fingerprint density at radius 2 is 2.16 bits per heavy atom. The Labute approximate surface area is 148 Å². The Bertz CT molecular complexity index is 707. The van der Waals surface area contributed by atoms with Gasteiger partial charge in [-0.3, -0.25) is 9.63 Å². The number of esters is 1. The van der Waals surface area contributed by atoms with Gasteiger partial charge in [-0.2, -0.15) is 5.06 Å². The van der Waals surface area contributed by atoms with Crippen LogP contribution in [-0.4, -0.2) is 48.4 Å². The molecule has 0 spiro atoms. The monoisotopic (exact) mass is 346 g/mol. The Morgan fingerprint density at radius 1 is 1.36 bits per heavy atom. The first kappa shape index (κ1) is 17.9. The fraction of sp³-hybridized carbons (Fsp3) is 0.526. The van der Waals surface area contributed by atoms with Crippen LogP contribution in [0, 0.1) is 0 Å². The van der Waals surface area contributed by atoms with Crippen molar-refractivity contribution in [1.29, 1.82) is 0 Å². The van der Waals surface area contributed by atoms with E-state index in [1.165, 1.54) is 6.92 Å². The highest BCUT2D eigenvalue weighted by molar-refractivity contribution is 5.91. The van der Waals surface area contributed by atoms with Crippen LogP contribution in [0.3, 0.4) is 0 Å². The van der Waals surface area contributed by atoms with Crippen LogP contribution in [0.25, 0.3) is 10.9 Å². The molecule has 1 saturated heterocycles. The van der Waals surface area contributed by atoms with E-state index in [0.29, 0.717) is 5.75 Å². The van der Waals surface area contributed by atoms with Crippen LogP contribution in [0.5, 0.6) is 5.75 Å². The lowest BCUT2D eigenvalue weighted by Gasteiger charge is -2.28. The SMILES string of the molecule is CCN(CCc1c[nH]c2cccc(OC(C)=O)c12)OC1CCOCC1. The number of aromatic amines is 1. The molecule has 1 aromatic heterocycles. The predicted molar refractivity (Wildman–Crippen MR) is 95.5 cm³/mol. The van der Waals surface area contributed by atoms with Crippen molar-refractivity contribution in [3.63, 3.8) is 0 Å². The number of likely N-dealkylation sites (N-methyl/N-ethyl adjacent to an activating group) is 1. The largest absolute Gasteiger partial charge is 0.426 e. The van der Waals surface area contributed by atoms with E-state index in [1.807, 2.05) is 29.5 Å². The van der Waals surface area contributed by atoms with Gasteiger partial charge in [-0.05, 0) is 37.0 Å². The van der Waals surface area contributed by atoms with Gasteiger partial charge >= 0.3 is 5.97 Å². The molecule has 6 nitrogen and oxygen atoms in total. The molecule has 0 radical (unpaired) electrons. The fourth-order valence-electron chi connectivity index (χ4n) is 3.18. The highest BCUT2D eigenvalue weighted by atomic mass is 16.7. The molecule has 0 amide bonds. The van der Waals surface area contributed by atoms with E-state index >= 15 is 0 Å². The third kappa shape index (κ3) is 4.60. The number of nitrogens with one attached hydrogen (secondary N) is 1.